The number of carbonyl (C=O) groups excluding carboxylic acids is 1. The lowest BCUT2D eigenvalue weighted by Crippen LogP contribution is -2.28. The Morgan fingerprint density at radius 2 is 2.11 bits per heavy atom. The first-order valence-electron chi connectivity index (χ1n) is 6.07. The molecule has 19 heavy (non-hydrogen) atoms. The van der Waals surface area contributed by atoms with E-state index < -0.39 is 17.0 Å². The van der Waals surface area contributed by atoms with Crippen molar-refractivity contribution >= 4 is 11.7 Å². The number of hydrogen-bond acceptors (Lipinski definition) is 5. The van der Waals surface area contributed by atoms with Crippen LogP contribution in [0, 0.1) is 17.0 Å². The summed E-state index contributed by atoms with van der Waals surface area (Å²) in [6, 6.07) is 4.30. The van der Waals surface area contributed by atoms with E-state index in [2.05, 4.69) is 0 Å². The van der Waals surface area contributed by atoms with Crippen LogP contribution in [0.1, 0.15) is 25.8 Å². The summed E-state index contributed by atoms with van der Waals surface area (Å²) in [6.45, 7) is 5.53. The Hall–Kier alpha value is -2.11. The van der Waals surface area contributed by atoms with Crippen molar-refractivity contribution < 1.29 is 19.2 Å². The first-order valence-corrected chi connectivity index (χ1v) is 6.07. The number of esters is 1. The third-order valence-electron chi connectivity index (χ3n) is 2.57. The Morgan fingerprint density at radius 3 is 2.63 bits per heavy atom. The zero-order valence-electron chi connectivity index (χ0n) is 11.2. The number of nitrogens with zero attached hydrogens (tertiary/aromatic N) is 1. The van der Waals surface area contributed by atoms with Gasteiger partial charge in [0.2, 0.25) is 0 Å². The SMILES string of the molecule is CCOC(=O)C(CC)Oc1cc([N+](=O)[O-])ccc1C. The number of nitro groups is 1. The van der Waals surface area contributed by atoms with Crippen molar-refractivity contribution in [2.45, 2.75) is 33.3 Å². The summed E-state index contributed by atoms with van der Waals surface area (Å²) in [5.74, 6) is -0.134. The van der Waals surface area contributed by atoms with E-state index in [1.807, 2.05) is 0 Å². The monoisotopic (exact) mass is 267 g/mol. The maximum absolute atomic E-state index is 11.6. The van der Waals surface area contributed by atoms with Gasteiger partial charge in [-0.2, -0.15) is 0 Å². The van der Waals surface area contributed by atoms with Gasteiger partial charge in [-0.05, 0) is 31.9 Å². The zero-order valence-corrected chi connectivity index (χ0v) is 11.2. The van der Waals surface area contributed by atoms with E-state index in [0.29, 0.717) is 12.2 Å². The zero-order chi connectivity index (χ0) is 14.4. The van der Waals surface area contributed by atoms with Crippen LogP contribution < -0.4 is 4.74 Å². The number of non-ortho nitro benzene ring substituents is 1. The van der Waals surface area contributed by atoms with E-state index >= 15 is 0 Å². The molecule has 0 saturated carbocycles. The molecule has 1 aromatic rings. The van der Waals surface area contributed by atoms with Gasteiger partial charge in [-0.15, -0.1) is 0 Å². The first kappa shape index (κ1) is 14.9. The van der Waals surface area contributed by atoms with E-state index in [0.717, 1.165) is 5.56 Å². The Balaban J connectivity index is 2.93. The standard InChI is InChI=1S/C13H17NO5/c1-4-11(13(15)18-5-2)19-12-8-10(14(16)17)7-6-9(12)3/h6-8,11H,4-5H2,1-3H3. The predicted octanol–water partition coefficient (Wildman–Crippen LogP) is 2.62. The Morgan fingerprint density at radius 1 is 1.42 bits per heavy atom. The molecule has 6 nitrogen and oxygen atoms in total. The Kier molecular flexibility index (Phi) is 5.29. The third-order valence-corrected chi connectivity index (χ3v) is 2.57. The van der Waals surface area contributed by atoms with Gasteiger partial charge < -0.3 is 9.47 Å². The van der Waals surface area contributed by atoms with Crippen LogP contribution in [0.5, 0.6) is 5.75 Å². The van der Waals surface area contributed by atoms with Crippen molar-refractivity contribution in [2.75, 3.05) is 6.61 Å². The summed E-state index contributed by atoms with van der Waals surface area (Å²) in [5, 5.41) is 10.7. The van der Waals surface area contributed by atoms with Crippen molar-refractivity contribution in [2.24, 2.45) is 0 Å². The summed E-state index contributed by atoms with van der Waals surface area (Å²) in [5.41, 5.74) is 0.660. The topological polar surface area (TPSA) is 78.7 Å². The van der Waals surface area contributed by atoms with Crippen LogP contribution in [0.4, 0.5) is 5.69 Å². The molecule has 0 saturated heterocycles. The second kappa shape index (κ2) is 6.72. The third kappa shape index (κ3) is 3.94. The summed E-state index contributed by atoms with van der Waals surface area (Å²) in [6.07, 6.45) is -0.318. The lowest BCUT2D eigenvalue weighted by atomic mass is 10.2. The summed E-state index contributed by atoms with van der Waals surface area (Å²) in [4.78, 5) is 21.8. The van der Waals surface area contributed by atoms with Crippen LogP contribution in [0.3, 0.4) is 0 Å². The van der Waals surface area contributed by atoms with Crippen molar-refractivity contribution in [3.63, 3.8) is 0 Å². The Labute approximate surface area is 111 Å². The van der Waals surface area contributed by atoms with Crippen molar-refractivity contribution in [3.05, 3.63) is 33.9 Å². The molecule has 0 aliphatic carbocycles. The molecule has 0 fully saturated rings. The molecular weight excluding hydrogens is 250 g/mol. The van der Waals surface area contributed by atoms with Gasteiger partial charge in [-0.25, -0.2) is 4.79 Å². The molecular formula is C13H17NO5. The molecule has 1 atom stereocenters. The normalized spacial score (nSPS) is 11.7. The number of hydrogen-bond donors (Lipinski definition) is 0. The molecule has 0 amide bonds. The van der Waals surface area contributed by atoms with Crippen LogP contribution in [0.25, 0.3) is 0 Å². The van der Waals surface area contributed by atoms with Crippen LogP contribution in [0.2, 0.25) is 0 Å². The molecule has 1 aromatic carbocycles. The Bertz CT molecular complexity index is 472. The van der Waals surface area contributed by atoms with Crippen LogP contribution in [0.15, 0.2) is 18.2 Å². The van der Waals surface area contributed by atoms with Gasteiger partial charge in [0, 0.05) is 6.07 Å². The van der Waals surface area contributed by atoms with Crippen molar-refractivity contribution in [1.82, 2.24) is 0 Å². The van der Waals surface area contributed by atoms with Gasteiger partial charge in [-0.1, -0.05) is 6.92 Å². The lowest BCUT2D eigenvalue weighted by Gasteiger charge is -2.17. The van der Waals surface area contributed by atoms with Gasteiger partial charge in [0.05, 0.1) is 17.6 Å². The maximum Gasteiger partial charge on any atom is 0.347 e. The van der Waals surface area contributed by atoms with E-state index in [1.165, 1.54) is 12.1 Å². The number of benzene rings is 1. The minimum absolute atomic E-state index is 0.0701. The second-order valence-corrected chi connectivity index (χ2v) is 3.97. The molecule has 104 valence electrons. The molecule has 0 spiro atoms. The average molecular weight is 267 g/mol. The molecule has 0 N–H and O–H groups in total. The van der Waals surface area contributed by atoms with Crippen LogP contribution in [-0.4, -0.2) is 23.6 Å². The summed E-state index contributed by atoms with van der Waals surface area (Å²) in [7, 11) is 0. The largest absolute Gasteiger partial charge is 0.478 e. The second-order valence-electron chi connectivity index (χ2n) is 3.97. The van der Waals surface area contributed by atoms with Crippen molar-refractivity contribution in [3.8, 4) is 5.75 Å². The highest BCUT2D eigenvalue weighted by atomic mass is 16.6. The minimum Gasteiger partial charge on any atom is -0.478 e. The van der Waals surface area contributed by atoms with Gasteiger partial charge in [0.1, 0.15) is 5.75 Å². The highest BCUT2D eigenvalue weighted by molar-refractivity contribution is 5.75. The molecule has 0 bridgehead atoms. The maximum atomic E-state index is 11.6. The molecule has 0 aromatic heterocycles. The molecule has 0 aliphatic rings. The van der Waals surface area contributed by atoms with Crippen LogP contribution >= 0.6 is 0 Å². The average Bonchev–Trinajstić information content (AvgIpc) is 2.37. The molecule has 0 heterocycles. The summed E-state index contributed by atoms with van der Waals surface area (Å²) >= 11 is 0. The van der Waals surface area contributed by atoms with E-state index in [9.17, 15) is 14.9 Å². The minimum atomic E-state index is -0.749. The lowest BCUT2D eigenvalue weighted by molar-refractivity contribution is -0.385. The van der Waals surface area contributed by atoms with Gasteiger partial charge >= 0.3 is 5.97 Å². The molecule has 0 aliphatic heterocycles. The fourth-order valence-corrected chi connectivity index (χ4v) is 1.52. The molecule has 0 radical (unpaired) electrons. The van der Waals surface area contributed by atoms with Gasteiger partial charge in [0.25, 0.3) is 5.69 Å². The van der Waals surface area contributed by atoms with E-state index in [4.69, 9.17) is 9.47 Å². The number of rotatable bonds is 6. The summed E-state index contributed by atoms with van der Waals surface area (Å²) < 4.78 is 10.4. The molecule has 1 rings (SSSR count). The predicted molar refractivity (Wildman–Crippen MR) is 69.2 cm³/mol. The highest BCUT2D eigenvalue weighted by Crippen LogP contribution is 2.25. The first-order chi connectivity index (χ1) is 8.99. The van der Waals surface area contributed by atoms with Gasteiger partial charge in [-0.3, -0.25) is 10.1 Å². The van der Waals surface area contributed by atoms with Crippen LogP contribution in [-0.2, 0) is 9.53 Å². The van der Waals surface area contributed by atoms with E-state index in [1.54, 1.807) is 26.8 Å². The quantitative estimate of drug-likeness (QED) is 0.449. The number of ether oxygens (including phenoxy) is 2. The number of nitro benzene ring substituents is 1. The molecule has 6 heteroatoms. The fourth-order valence-electron chi connectivity index (χ4n) is 1.52. The smallest absolute Gasteiger partial charge is 0.347 e. The highest BCUT2D eigenvalue weighted by Gasteiger charge is 2.21. The number of aryl methyl sites for hydroxylation is 1. The van der Waals surface area contributed by atoms with E-state index in [-0.39, 0.29) is 12.3 Å². The molecule has 1 unspecified atom stereocenters. The fraction of sp³-hybridized carbons (Fsp3) is 0.462. The van der Waals surface area contributed by atoms with Gasteiger partial charge in [0.15, 0.2) is 6.10 Å². The number of carbonyl (C=O) groups is 1. The van der Waals surface area contributed by atoms with Crippen molar-refractivity contribution in [1.29, 1.82) is 0 Å².